The van der Waals surface area contributed by atoms with Gasteiger partial charge in [0.05, 0.1) is 5.02 Å². The van der Waals surface area contributed by atoms with Crippen LogP contribution in [-0.2, 0) is 10.0 Å². The lowest BCUT2D eigenvalue weighted by Crippen LogP contribution is -2.33. The third-order valence-electron chi connectivity index (χ3n) is 2.82. The number of aromatic nitrogens is 1. The number of hydrogen-bond donors (Lipinski definition) is 1. The topological polar surface area (TPSA) is 59.1 Å². The Hall–Kier alpha value is -0.360. The second-order valence-corrected chi connectivity index (χ2v) is 7.12. The minimum atomic E-state index is -3.57. The highest BCUT2D eigenvalue weighted by atomic mass is 35.5. The molecule has 1 unspecified atom stereocenters. The van der Waals surface area contributed by atoms with Gasteiger partial charge in [0, 0.05) is 12.2 Å². The first-order chi connectivity index (χ1) is 8.38. The lowest BCUT2D eigenvalue weighted by Gasteiger charge is -2.13. The first-order valence-corrected chi connectivity index (χ1v) is 7.96. The summed E-state index contributed by atoms with van der Waals surface area (Å²) in [4.78, 5) is 3.78. The van der Waals surface area contributed by atoms with Crippen LogP contribution in [0.3, 0.4) is 0 Å². The van der Waals surface area contributed by atoms with E-state index in [0.29, 0.717) is 5.92 Å². The van der Waals surface area contributed by atoms with E-state index in [1.165, 1.54) is 25.1 Å². The Morgan fingerprint density at radius 2 is 2.17 bits per heavy atom. The molecule has 1 aromatic heterocycles. The molecule has 1 N–H and O–H groups in total. The fraction of sp³-hybridized carbons (Fsp3) is 0.545. The first-order valence-electron chi connectivity index (χ1n) is 5.72. The van der Waals surface area contributed by atoms with Gasteiger partial charge in [-0.05, 0) is 25.3 Å². The van der Waals surface area contributed by atoms with Crippen molar-refractivity contribution in [3.05, 3.63) is 22.4 Å². The average Bonchev–Trinajstić information content (AvgIpc) is 3.04. The summed E-state index contributed by atoms with van der Waals surface area (Å²) in [7, 11) is -3.57. The fourth-order valence-electron chi connectivity index (χ4n) is 1.79. The SMILES string of the molecule is CC(CC1CC1)NS(=O)(=O)c1cnc(Cl)c(Cl)c1. The van der Waals surface area contributed by atoms with E-state index in [9.17, 15) is 8.42 Å². The molecule has 1 aromatic rings. The van der Waals surface area contributed by atoms with Crippen molar-refractivity contribution in [2.75, 3.05) is 0 Å². The van der Waals surface area contributed by atoms with Crippen molar-refractivity contribution < 1.29 is 8.42 Å². The Morgan fingerprint density at radius 1 is 1.50 bits per heavy atom. The maximum atomic E-state index is 12.1. The zero-order chi connectivity index (χ0) is 13.3. The van der Waals surface area contributed by atoms with Crippen molar-refractivity contribution >= 4 is 33.2 Å². The summed E-state index contributed by atoms with van der Waals surface area (Å²) in [6.07, 6.45) is 4.47. The van der Waals surface area contributed by atoms with Crippen molar-refractivity contribution in [2.45, 2.75) is 37.1 Å². The van der Waals surface area contributed by atoms with Gasteiger partial charge in [0.25, 0.3) is 0 Å². The van der Waals surface area contributed by atoms with Gasteiger partial charge < -0.3 is 0 Å². The zero-order valence-corrected chi connectivity index (χ0v) is 12.2. The standard InChI is InChI=1S/C11H14Cl2N2O2S/c1-7(4-8-2-3-8)15-18(16,17)9-5-10(12)11(13)14-6-9/h5-8,15H,2-4H2,1H3. The molecule has 0 bridgehead atoms. The molecule has 1 heterocycles. The molecule has 0 radical (unpaired) electrons. The molecule has 0 aliphatic heterocycles. The summed E-state index contributed by atoms with van der Waals surface area (Å²) < 4.78 is 26.7. The van der Waals surface area contributed by atoms with Crippen LogP contribution < -0.4 is 4.72 Å². The molecule has 1 aliphatic rings. The van der Waals surface area contributed by atoms with Crippen LogP contribution >= 0.6 is 23.2 Å². The van der Waals surface area contributed by atoms with Gasteiger partial charge in [-0.3, -0.25) is 0 Å². The van der Waals surface area contributed by atoms with Crippen LogP contribution in [0.15, 0.2) is 17.2 Å². The molecule has 0 aromatic carbocycles. The van der Waals surface area contributed by atoms with Crippen LogP contribution in [0.4, 0.5) is 0 Å². The Morgan fingerprint density at radius 3 is 2.72 bits per heavy atom. The van der Waals surface area contributed by atoms with Crippen LogP contribution in [0.1, 0.15) is 26.2 Å². The van der Waals surface area contributed by atoms with Gasteiger partial charge in [0.15, 0.2) is 0 Å². The molecule has 1 atom stereocenters. The number of halogens is 2. The van der Waals surface area contributed by atoms with Crippen LogP contribution in [0, 0.1) is 5.92 Å². The van der Waals surface area contributed by atoms with Crippen LogP contribution in [0.25, 0.3) is 0 Å². The maximum absolute atomic E-state index is 12.1. The number of nitrogens with one attached hydrogen (secondary N) is 1. The van der Waals surface area contributed by atoms with Crippen molar-refractivity contribution in [3.8, 4) is 0 Å². The van der Waals surface area contributed by atoms with Crippen molar-refractivity contribution in [1.82, 2.24) is 9.71 Å². The molecule has 0 amide bonds. The van der Waals surface area contributed by atoms with E-state index in [0.717, 1.165) is 6.42 Å². The molecular weight excluding hydrogens is 295 g/mol. The minimum Gasteiger partial charge on any atom is -0.242 e. The van der Waals surface area contributed by atoms with Crippen LogP contribution in [0.5, 0.6) is 0 Å². The molecule has 1 aliphatic carbocycles. The summed E-state index contributed by atoms with van der Waals surface area (Å²) >= 11 is 11.4. The maximum Gasteiger partial charge on any atom is 0.242 e. The number of nitrogens with zero attached hydrogens (tertiary/aromatic N) is 1. The molecule has 1 saturated carbocycles. The predicted octanol–water partition coefficient (Wildman–Crippen LogP) is 2.86. The highest BCUT2D eigenvalue weighted by Gasteiger charge is 2.26. The molecular formula is C11H14Cl2N2O2S. The summed E-state index contributed by atoms with van der Waals surface area (Å²) in [5.41, 5.74) is 0. The molecule has 100 valence electrons. The quantitative estimate of drug-likeness (QED) is 0.851. The van der Waals surface area contributed by atoms with Crippen LogP contribution in [-0.4, -0.2) is 19.4 Å². The van der Waals surface area contributed by atoms with Gasteiger partial charge >= 0.3 is 0 Å². The monoisotopic (exact) mass is 308 g/mol. The van der Waals surface area contributed by atoms with Gasteiger partial charge in [0.1, 0.15) is 10.0 Å². The van der Waals surface area contributed by atoms with Crippen molar-refractivity contribution in [3.63, 3.8) is 0 Å². The summed E-state index contributed by atoms with van der Waals surface area (Å²) in [6, 6.07) is 1.22. The molecule has 0 spiro atoms. The highest BCUT2D eigenvalue weighted by Crippen LogP contribution is 2.33. The highest BCUT2D eigenvalue weighted by molar-refractivity contribution is 7.89. The van der Waals surface area contributed by atoms with Gasteiger partial charge in [0.2, 0.25) is 10.0 Å². The third-order valence-corrected chi connectivity index (χ3v) is 5.06. The van der Waals surface area contributed by atoms with E-state index in [-0.39, 0.29) is 21.1 Å². The van der Waals surface area contributed by atoms with E-state index >= 15 is 0 Å². The van der Waals surface area contributed by atoms with Gasteiger partial charge in [-0.1, -0.05) is 36.0 Å². The summed E-state index contributed by atoms with van der Waals surface area (Å²) in [5, 5.41) is 0.232. The second kappa shape index (κ2) is 5.33. The molecule has 1 fully saturated rings. The molecule has 4 nitrogen and oxygen atoms in total. The predicted molar refractivity (Wildman–Crippen MR) is 71.4 cm³/mol. The smallest absolute Gasteiger partial charge is 0.242 e. The van der Waals surface area contributed by atoms with Crippen molar-refractivity contribution in [1.29, 1.82) is 0 Å². The first kappa shape index (κ1) is 14.1. The molecule has 2 rings (SSSR count). The lowest BCUT2D eigenvalue weighted by molar-refractivity contribution is 0.529. The van der Waals surface area contributed by atoms with E-state index in [1.54, 1.807) is 0 Å². The van der Waals surface area contributed by atoms with E-state index < -0.39 is 10.0 Å². The number of hydrogen-bond acceptors (Lipinski definition) is 3. The van der Waals surface area contributed by atoms with Gasteiger partial charge in [-0.15, -0.1) is 0 Å². The summed E-state index contributed by atoms with van der Waals surface area (Å²) in [5.74, 6) is 0.662. The minimum absolute atomic E-state index is 0.0412. The summed E-state index contributed by atoms with van der Waals surface area (Å²) in [6.45, 7) is 1.86. The third kappa shape index (κ3) is 3.57. The average molecular weight is 309 g/mol. The van der Waals surface area contributed by atoms with Crippen molar-refractivity contribution in [2.24, 2.45) is 5.92 Å². The number of pyridine rings is 1. The fourth-order valence-corrected chi connectivity index (χ4v) is 3.35. The van der Waals surface area contributed by atoms with E-state index in [2.05, 4.69) is 9.71 Å². The second-order valence-electron chi connectivity index (χ2n) is 4.65. The normalized spacial score (nSPS) is 17.7. The Balaban J connectivity index is 2.11. The van der Waals surface area contributed by atoms with E-state index in [4.69, 9.17) is 23.2 Å². The molecule has 18 heavy (non-hydrogen) atoms. The van der Waals surface area contributed by atoms with Gasteiger partial charge in [-0.25, -0.2) is 18.1 Å². The lowest BCUT2D eigenvalue weighted by atomic mass is 10.2. The Labute approximate surface area is 117 Å². The zero-order valence-electron chi connectivity index (χ0n) is 9.86. The Kier molecular flexibility index (Phi) is 4.16. The number of rotatable bonds is 5. The number of sulfonamides is 1. The molecule has 0 saturated heterocycles. The molecule has 7 heteroatoms. The largest absolute Gasteiger partial charge is 0.242 e. The van der Waals surface area contributed by atoms with E-state index in [1.807, 2.05) is 6.92 Å². The Bertz CT molecular complexity index is 544. The van der Waals surface area contributed by atoms with Gasteiger partial charge in [-0.2, -0.15) is 0 Å². The van der Waals surface area contributed by atoms with Crippen LogP contribution in [0.2, 0.25) is 10.2 Å².